The van der Waals surface area contributed by atoms with E-state index >= 15 is 0 Å². The fraction of sp³-hybridized carbons (Fsp3) is 0.500. The summed E-state index contributed by atoms with van der Waals surface area (Å²) in [7, 11) is -3.45. The summed E-state index contributed by atoms with van der Waals surface area (Å²) < 4.78 is 27.0. The number of ether oxygens (including phenoxy) is 1. The first-order chi connectivity index (χ1) is 7.88. The highest BCUT2D eigenvalue weighted by Gasteiger charge is 2.07. The molecule has 1 aromatic heterocycles. The van der Waals surface area contributed by atoms with Gasteiger partial charge in [-0.3, -0.25) is 0 Å². The standard InChI is InChI=1S/C10H17N3O3S/c1-8(2)16-10-9(4-3-5-13-10)12-6-7-17(11,14)15/h3-5,8,12H,6-7H2,1-2H3,(H2,11,14,15). The molecule has 96 valence electrons. The number of primary sulfonamides is 1. The molecule has 0 bridgehead atoms. The molecule has 0 aliphatic carbocycles. The highest BCUT2D eigenvalue weighted by Crippen LogP contribution is 2.21. The summed E-state index contributed by atoms with van der Waals surface area (Å²) in [5.74, 6) is 0.320. The Kier molecular flexibility index (Phi) is 4.71. The van der Waals surface area contributed by atoms with E-state index in [0.717, 1.165) is 0 Å². The molecule has 1 aromatic rings. The van der Waals surface area contributed by atoms with Crippen LogP contribution in [0.25, 0.3) is 0 Å². The highest BCUT2D eigenvalue weighted by atomic mass is 32.2. The van der Waals surface area contributed by atoms with Gasteiger partial charge in [0.05, 0.1) is 17.5 Å². The third kappa shape index (κ3) is 5.50. The summed E-state index contributed by atoms with van der Waals surface area (Å²) in [6.07, 6.45) is 1.62. The molecule has 0 radical (unpaired) electrons. The van der Waals surface area contributed by atoms with Gasteiger partial charge < -0.3 is 10.1 Å². The molecule has 0 aromatic carbocycles. The molecule has 0 saturated carbocycles. The SMILES string of the molecule is CC(C)Oc1ncccc1NCCS(N)(=O)=O. The molecular weight excluding hydrogens is 242 g/mol. The van der Waals surface area contributed by atoms with Crippen LogP contribution in [0.15, 0.2) is 18.3 Å². The van der Waals surface area contributed by atoms with Crippen molar-refractivity contribution in [2.45, 2.75) is 20.0 Å². The number of nitrogens with one attached hydrogen (secondary N) is 1. The van der Waals surface area contributed by atoms with Gasteiger partial charge in [0.25, 0.3) is 0 Å². The van der Waals surface area contributed by atoms with E-state index in [-0.39, 0.29) is 18.4 Å². The number of hydrogen-bond acceptors (Lipinski definition) is 5. The predicted octanol–water partition coefficient (Wildman–Crippen LogP) is 0.569. The maximum atomic E-state index is 10.8. The molecule has 0 fully saturated rings. The van der Waals surface area contributed by atoms with Gasteiger partial charge in [0.1, 0.15) is 0 Å². The van der Waals surface area contributed by atoms with Crippen molar-refractivity contribution in [3.63, 3.8) is 0 Å². The third-order valence-corrected chi connectivity index (χ3v) is 2.59. The Labute approximate surface area is 101 Å². The van der Waals surface area contributed by atoms with E-state index in [0.29, 0.717) is 11.6 Å². The van der Waals surface area contributed by atoms with Crippen molar-refractivity contribution >= 4 is 15.7 Å². The number of anilines is 1. The van der Waals surface area contributed by atoms with Crippen molar-refractivity contribution in [2.24, 2.45) is 5.14 Å². The number of aromatic nitrogens is 1. The summed E-state index contributed by atoms with van der Waals surface area (Å²) in [5, 5.41) is 7.83. The minimum Gasteiger partial charge on any atom is -0.473 e. The first kappa shape index (κ1) is 13.7. The number of pyridine rings is 1. The minimum absolute atomic E-state index is 0.00342. The lowest BCUT2D eigenvalue weighted by Crippen LogP contribution is -2.22. The van der Waals surface area contributed by atoms with Gasteiger partial charge in [-0.25, -0.2) is 18.5 Å². The smallest absolute Gasteiger partial charge is 0.237 e. The van der Waals surface area contributed by atoms with Crippen LogP contribution in [0, 0.1) is 0 Å². The Bertz CT molecular complexity index is 460. The van der Waals surface area contributed by atoms with Crippen LogP contribution in [0.3, 0.4) is 0 Å². The zero-order valence-electron chi connectivity index (χ0n) is 9.88. The quantitative estimate of drug-likeness (QED) is 0.779. The van der Waals surface area contributed by atoms with E-state index in [2.05, 4.69) is 10.3 Å². The number of nitrogens with zero attached hydrogens (tertiary/aromatic N) is 1. The summed E-state index contributed by atoms with van der Waals surface area (Å²) >= 11 is 0. The number of nitrogens with two attached hydrogens (primary N) is 1. The van der Waals surface area contributed by atoms with Crippen molar-refractivity contribution in [1.82, 2.24) is 4.98 Å². The van der Waals surface area contributed by atoms with E-state index in [1.54, 1.807) is 18.3 Å². The van der Waals surface area contributed by atoms with Gasteiger partial charge in [0.2, 0.25) is 15.9 Å². The first-order valence-electron chi connectivity index (χ1n) is 5.24. The molecular formula is C10H17N3O3S. The Hall–Kier alpha value is -1.34. The Morgan fingerprint density at radius 2 is 2.24 bits per heavy atom. The lowest BCUT2D eigenvalue weighted by molar-refractivity contribution is 0.234. The molecule has 0 atom stereocenters. The molecule has 0 aliphatic heterocycles. The molecule has 0 aliphatic rings. The van der Waals surface area contributed by atoms with Gasteiger partial charge in [-0.15, -0.1) is 0 Å². The van der Waals surface area contributed by atoms with Crippen LogP contribution in [-0.2, 0) is 10.0 Å². The van der Waals surface area contributed by atoms with Gasteiger partial charge in [-0.1, -0.05) is 0 Å². The van der Waals surface area contributed by atoms with Crippen molar-refractivity contribution in [3.05, 3.63) is 18.3 Å². The summed E-state index contributed by atoms with van der Waals surface area (Å²) in [6, 6.07) is 3.51. The average Bonchev–Trinajstić information content (AvgIpc) is 2.18. The Balaban J connectivity index is 2.64. The van der Waals surface area contributed by atoms with Gasteiger partial charge in [-0.2, -0.15) is 0 Å². The molecule has 0 saturated heterocycles. The monoisotopic (exact) mass is 259 g/mol. The summed E-state index contributed by atoms with van der Waals surface area (Å²) in [4.78, 5) is 4.07. The van der Waals surface area contributed by atoms with E-state index < -0.39 is 10.0 Å². The van der Waals surface area contributed by atoms with E-state index in [1.807, 2.05) is 13.8 Å². The van der Waals surface area contributed by atoms with Crippen LogP contribution in [0.5, 0.6) is 5.88 Å². The topological polar surface area (TPSA) is 94.3 Å². The molecule has 1 heterocycles. The second kappa shape index (κ2) is 5.83. The zero-order chi connectivity index (χ0) is 12.9. The van der Waals surface area contributed by atoms with Gasteiger partial charge in [0.15, 0.2) is 0 Å². The van der Waals surface area contributed by atoms with Crippen molar-refractivity contribution in [3.8, 4) is 5.88 Å². The maximum absolute atomic E-state index is 10.8. The maximum Gasteiger partial charge on any atom is 0.237 e. The summed E-state index contributed by atoms with van der Waals surface area (Å²) in [6.45, 7) is 4.00. The second-order valence-electron chi connectivity index (χ2n) is 3.82. The normalized spacial score (nSPS) is 11.5. The second-order valence-corrected chi connectivity index (χ2v) is 5.55. The minimum atomic E-state index is -3.45. The van der Waals surface area contributed by atoms with Crippen LogP contribution >= 0.6 is 0 Å². The Morgan fingerprint density at radius 3 is 2.82 bits per heavy atom. The largest absolute Gasteiger partial charge is 0.473 e. The molecule has 0 amide bonds. The van der Waals surface area contributed by atoms with Crippen molar-refractivity contribution in [2.75, 3.05) is 17.6 Å². The summed E-state index contributed by atoms with van der Waals surface area (Å²) in [5.41, 5.74) is 0.657. The molecule has 0 spiro atoms. The van der Waals surface area contributed by atoms with E-state index in [4.69, 9.17) is 9.88 Å². The van der Waals surface area contributed by atoms with Crippen LogP contribution in [0.4, 0.5) is 5.69 Å². The van der Waals surface area contributed by atoms with Crippen LogP contribution in [0.2, 0.25) is 0 Å². The van der Waals surface area contributed by atoms with Gasteiger partial charge in [-0.05, 0) is 26.0 Å². The molecule has 17 heavy (non-hydrogen) atoms. The molecule has 3 N–H and O–H groups in total. The van der Waals surface area contributed by atoms with Crippen LogP contribution < -0.4 is 15.2 Å². The van der Waals surface area contributed by atoms with Crippen molar-refractivity contribution in [1.29, 1.82) is 0 Å². The first-order valence-corrected chi connectivity index (χ1v) is 6.96. The predicted molar refractivity (Wildman–Crippen MR) is 66.5 cm³/mol. The average molecular weight is 259 g/mol. The molecule has 7 heteroatoms. The van der Waals surface area contributed by atoms with Crippen LogP contribution in [0.1, 0.15) is 13.8 Å². The fourth-order valence-corrected chi connectivity index (χ4v) is 1.56. The van der Waals surface area contributed by atoms with Gasteiger partial charge in [0, 0.05) is 12.7 Å². The molecule has 1 rings (SSSR count). The van der Waals surface area contributed by atoms with Crippen molar-refractivity contribution < 1.29 is 13.2 Å². The van der Waals surface area contributed by atoms with E-state index in [1.165, 1.54) is 0 Å². The molecule has 0 unspecified atom stereocenters. The highest BCUT2D eigenvalue weighted by molar-refractivity contribution is 7.89. The molecule has 6 nitrogen and oxygen atoms in total. The third-order valence-electron chi connectivity index (χ3n) is 1.82. The lowest BCUT2D eigenvalue weighted by atomic mass is 10.4. The van der Waals surface area contributed by atoms with E-state index in [9.17, 15) is 8.42 Å². The van der Waals surface area contributed by atoms with Gasteiger partial charge >= 0.3 is 0 Å². The lowest BCUT2D eigenvalue weighted by Gasteiger charge is -2.13. The Morgan fingerprint density at radius 1 is 1.53 bits per heavy atom. The number of sulfonamides is 1. The van der Waals surface area contributed by atoms with Crippen LogP contribution in [-0.4, -0.2) is 31.8 Å². The number of rotatable bonds is 6. The zero-order valence-corrected chi connectivity index (χ0v) is 10.7. The fourth-order valence-electron chi connectivity index (χ4n) is 1.17. The number of hydrogen-bond donors (Lipinski definition) is 2.